The van der Waals surface area contributed by atoms with Crippen molar-refractivity contribution in [1.29, 1.82) is 0 Å². The van der Waals surface area contributed by atoms with Crippen LogP contribution in [0.4, 0.5) is 16.3 Å². The van der Waals surface area contributed by atoms with Crippen LogP contribution in [0.5, 0.6) is 0 Å². The maximum atomic E-state index is 12.2. The lowest BCUT2D eigenvalue weighted by Gasteiger charge is -2.12. The lowest BCUT2D eigenvalue weighted by atomic mass is 10.2. The van der Waals surface area contributed by atoms with Crippen LogP contribution in [-0.4, -0.2) is 40.8 Å². The molecule has 0 spiro atoms. The minimum atomic E-state index is -0.276. The summed E-state index contributed by atoms with van der Waals surface area (Å²) in [7, 11) is 1.68. The fraction of sp³-hybridized carbons (Fsp3) is 0.292. The molecule has 0 radical (unpaired) electrons. The largest absolute Gasteiger partial charge is 0.384 e. The van der Waals surface area contributed by atoms with E-state index >= 15 is 0 Å². The van der Waals surface area contributed by atoms with Crippen LogP contribution in [0, 0.1) is 0 Å². The Kier molecular flexibility index (Phi) is 7.26. The molecule has 33 heavy (non-hydrogen) atoms. The molecule has 8 nitrogen and oxygen atoms in total. The number of anilines is 2. The van der Waals surface area contributed by atoms with E-state index in [-0.39, 0.29) is 8.88 Å². The molecular formula is C24H31ClN6O2. The number of nitrogen functional groups attached to an aromatic ring is 1. The van der Waals surface area contributed by atoms with Crippen molar-refractivity contribution in [3.63, 3.8) is 0 Å². The number of nitrogens with zero attached hydrogens (tertiary/aromatic N) is 3. The Hall–Kier alpha value is -3.36. The van der Waals surface area contributed by atoms with Crippen LogP contribution >= 0.6 is 11.6 Å². The first-order valence-corrected chi connectivity index (χ1v) is 11.3. The van der Waals surface area contributed by atoms with Gasteiger partial charge in [-0.3, -0.25) is 0 Å². The van der Waals surface area contributed by atoms with Gasteiger partial charge in [-0.1, -0.05) is 41.9 Å². The van der Waals surface area contributed by atoms with Gasteiger partial charge in [0.05, 0.1) is 28.4 Å². The molecule has 4 aromatic rings. The van der Waals surface area contributed by atoms with Gasteiger partial charge in [-0.25, -0.2) is 14.8 Å². The second-order valence-electron chi connectivity index (χ2n) is 7.70. The van der Waals surface area contributed by atoms with Crippen LogP contribution in [0.15, 0.2) is 48.5 Å². The first-order valence-electron chi connectivity index (χ1n) is 10.9. The molecule has 0 saturated heterocycles. The van der Waals surface area contributed by atoms with Gasteiger partial charge in [0.25, 0.3) is 0 Å². The van der Waals surface area contributed by atoms with Gasteiger partial charge in [0.2, 0.25) is 0 Å². The number of nitrogens with one attached hydrogen (secondary N) is 2. The maximum absolute atomic E-state index is 12.2. The summed E-state index contributed by atoms with van der Waals surface area (Å²) in [6, 6.07) is 14.8. The zero-order chi connectivity index (χ0) is 23.2. The summed E-state index contributed by atoms with van der Waals surface area (Å²) in [4.78, 5) is 21.5. The molecule has 2 aromatic carbocycles. The smallest absolute Gasteiger partial charge is 0.319 e. The van der Waals surface area contributed by atoms with E-state index in [1.807, 2.05) is 36.4 Å². The Morgan fingerprint density at radius 3 is 2.76 bits per heavy atom. The Labute approximate surface area is 200 Å². The van der Waals surface area contributed by atoms with Crippen molar-refractivity contribution in [3.8, 4) is 0 Å². The predicted octanol–water partition coefficient (Wildman–Crippen LogP) is 5.10. The number of fused-ring (bicyclic) bond motifs is 3. The zero-order valence-corrected chi connectivity index (χ0v) is 19.2. The lowest BCUT2D eigenvalue weighted by molar-refractivity contribution is 0.199. The molecule has 0 saturated carbocycles. The molecule has 2 amide bonds. The maximum Gasteiger partial charge on any atom is 0.319 e. The highest BCUT2D eigenvalue weighted by atomic mass is 35.5. The van der Waals surface area contributed by atoms with Crippen LogP contribution in [0.1, 0.15) is 21.5 Å². The molecule has 0 aliphatic carbocycles. The number of methoxy groups -OCH3 is 1. The van der Waals surface area contributed by atoms with Crippen molar-refractivity contribution in [2.75, 3.05) is 31.3 Å². The summed E-state index contributed by atoms with van der Waals surface area (Å²) in [6.45, 7) is 1.86. The summed E-state index contributed by atoms with van der Waals surface area (Å²) < 4.78 is 7.48. The number of hydrogen-bond donors (Lipinski definition) is 3. The molecule has 2 heterocycles. The third-order valence-electron chi connectivity index (χ3n) is 5.44. The first-order chi connectivity index (χ1) is 16.1. The van der Waals surface area contributed by atoms with Gasteiger partial charge in [0.15, 0.2) is 5.82 Å². The minimum absolute atomic E-state index is 0. The van der Waals surface area contributed by atoms with Crippen LogP contribution in [0.2, 0.25) is 5.02 Å². The quantitative estimate of drug-likeness (QED) is 0.295. The number of aryl methyl sites for hydroxylation is 1. The third-order valence-corrected chi connectivity index (χ3v) is 5.76. The Morgan fingerprint density at radius 2 is 1.94 bits per heavy atom. The average Bonchev–Trinajstić information content (AvgIpc) is 3.18. The van der Waals surface area contributed by atoms with Crippen molar-refractivity contribution < 1.29 is 12.4 Å². The molecule has 0 aliphatic rings. The number of rotatable bonds is 9. The molecule has 2 aromatic heterocycles. The summed E-state index contributed by atoms with van der Waals surface area (Å²) in [5.74, 6) is 1.35. The molecular weight excluding hydrogens is 440 g/mol. The van der Waals surface area contributed by atoms with Gasteiger partial charge >= 0.3 is 6.03 Å². The Bertz CT molecular complexity index is 1280. The SMILES string of the molecule is COCCc1nc2c(N)nc3ccccc3c2n1CCCCNC(=O)Nc1ccccc1Cl.[HH].[HH]. The number of benzene rings is 2. The van der Waals surface area contributed by atoms with E-state index in [1.54, 1.807) is 19.2 Å². The molecule has 9 heteroatoms. The van der Waals surface area contributed by atoms with Gasteiger partial charge < -0.3 is 25.7 Å². The highest BCUT2D eigenvalue weighted by molar-refractivity contribution is 6.33. The number of amides is 2. The molecule has 0 aliphatic heterocycles. The second-order valence-corrected chi connectivity index (χ2v) is 8.11. The van der Waals surface area contributed by atoms with Crippen LogP contribution < -0.4 is 16.4 Å². The lowest BCUT2D eigenvalue weighted by Crippen LogP contribution is -2.29. The summed E-state index contributed by atoms with van der Waals surface area (Å²) in [5, 5.41) is 7.17. The predicted molar refractivity (Wildman–Crippen MR) is 137 cm³/mol. The van der Waals surface area contributed by atoms with E-state index in [2.05, 4.69) is 20.2 Å². The molecule has 0 bridgehead atoms. The summed E-state index contributed by atoms with van der Waals surface area (Å²) in [5.41, 5.74) is 9.38. The fourth-order valence-corrected chi connectivity index (χ4v) is 4.04. The molecule has 4 rings (SSSR count). The number of carbonyl (C=O) groups is 1. The second kappa shape index (κ2) is 10.5. The van der Waals surface area contributed by atoms with Crippen LogP contribution in [0.3, 0.4) is 0 Å². The van der Waals surface area contributed by atoms with Crippen molar-refractivity contribution in [1.82, 2.24) is 19.9 Å². The number of halogens is 1. The zero-order valence-electron chi connectivity index (χ0n) is 18.5. The normalized spacial score (nSPS) is 11.2. The van der Waals surface area contributed by atoms with Crippen molar-refractivity contribution in [2.24, 2.45) is 0 Å². The molecule has 0 fully saturated rings. The van der Waals surface area contributed by atoms with Gasteiger partial charge in [-0.15, -0.1) is 0 Å². The fourth-order valence-electron chi connectivity index (χ4n) is 3.86. The van der Waals surface area contributed by atoms with Gasteiger partial charge in [-0.2, -0.15) is 0 Å². The number of unbranched alkanes of at least 4 members (excludes halogenated alkanes) is 1. The van der Waals surface area contributed by atoms with Gasteiger partial charge in [0, 0.05) is 34.9 Å². The number of nitrogens with two attached hydrogens (primary N) is 1. The Morgan fingerprint density at radius 1 is 1.15 bits per heavy atom. The van der Waals surface area contributed by atoms with E-state index < -0.39 is 0 Å². The average molecular weight is 471 g/mol. The monoisotopic (exact) mass is 470 g/mol. The van der Waals surface area contributed by atoms with Gasteiger partial charge in [0.1, 0.15) is 11.3 Å². The van der Waals surface area contributed by atoms with E-state index in [0.29, 0.717) is 36.1 Å². The number of imidazole rings is 1. The number of aromatic nitrogens is 3. The Balaban J connectivity index is 0.00000216. The number of pyridine rings is 1. The van der Waals surface area contributed by atoms with E-state index in [1.165, 1.54) is 0 Å². The number of ether oxygens (including phenoxy) is 1. The van der Waals surface area contributed by atoms with E-state index in [4.69, 9.17) is 27.1 Å². The minimum Gasteiger partial charge on any atom is -0.384 e. The van der Waals surface area contributed by atoms with Crippen molar-refractivity contribution >= 4 is 51.1 Å². The molecule has 176 valence electrons. The highest BCUT2D eigenvalue weighted by Gasteiger charge is 2.17. The highest BCUT2D eigenvalue weighted by Crippen LogP contribution is 2.29. The van der Waals surface area contributed by atoms with Crippen LogP contribution in [0.25, 0.3) is 21.9 Å². The standard InChI is InChI=1S/C24H27ClN6O2.2H2/c1-33-15-12-20-30-21-22(16-8-2-4-10-18(16)28-23(21)26)31(20)14-7-6-13-27-24(32)29-19-11-5-3-9-17(19)25;;/h2-5,8-11H,6-7,12-15H2,1H3,(H2,26,28)(H2,27,29,32);2*1H. The molecule has 0 atom stereocenters. The number of carbonyl (C=O) groups excluding carboxylic acids is 1. The van der Waals surface area contributed by atoms with E-state index in [0.717, 1.165) is 47.1 Å². The summed E-state index contributed by atoms with van der Waals surface area (Å²) >= 11 is 6.09. The topological polar surface area (TPSA) is 107 Å². The number of urea groups is 1. The number of hydrogen-bond acceptors (Lipinski definition) is 5. The van der Waals surface area contributed by atoms with Crippen LogP contribution in [-0.2, 0) is 17.7 Å². The summed E-state index contributed by atoms with van der Waals surface area (Å²) in [6.07, 6.45) is 2.34. The molecule has 0 unspecified atom stereocenters. The first kappa shape index (κ1) is 22.8. The van der Waals surface area contributed by atoms with E-state index in [9.17, 15) is 4.79 Å². The third kappa shape index (κ3) is 5.18. The molecule has 4 N–H and O–H groups in total. The van der Waals surface area contributed by atoms with Crippen molar-refractivity contribution in [3.05, 3.63) is 59.4 Å². The number of para-hydroxylation sites is 2. The van der Waals surface area contributed by atoms with Crippen molar-refractivity contribution in [2.45, 2.75) is 25.8 Å². The van der Waals surface area contributed by atoms with Gasteiger partial charge in [-0.05, 0) is 31.0 Å².